The Bertz CT molecular complexity index is 481. The molecule has 20 heavy (non-hydrogen) atoms. The molecule has 3 nitrogen and oxygen atoms in total. The first-order chi connectivity index (χ1) is 9.52. The van der Waals surface area contributed by atoms with Crippen LogP contribution in [0.2, 0.25) is 0 Å². The average Bonchev–Trinajstić information content (AvgIpc) is 2.87. The van der Waals surface area contributed by atoms with Crippen molar-refractivity contribution in [2.24, 2.45) is 0 Å². The lowest BCUT2D eigenvalue weighted by Crippen LogP contribution is -2.41. The van der Waals surface area contributed by atoms with Crippen LogP contribution in [0.5, 0.6) is 0 Å². The number of amides is 1. The summed E-state index contributed by atoms with van der Waals surface area (Å²) in [6.45, 7) is 3.63. The molecule has 1 aliphatic rings. The molecular formula is C14H17BrF2N2O. The smallest absolute Gasteiger partial charge is 0.259 e. The monoisotopic (exact) mass is 346 g/mol. The Morgan fingerprint density at radius 2 is 2.10 bits per heavy atom. The lowest BCUT2D eigenvalue weighted by molar-refractivity contribution is 0.0741. The van der Waals surface area contributed by atoms with Gasteiger partial charge in [-0.15, -0.1) is 0 Å². The van der Waals surface area contributed by atoms with E-state index in [0.29, 0.717) is 13.1 Å². The molecule has 1 aromatic carbocycles. The Labute approximate surface area is 125 Å². The number of nitrogens with one attached hydrogen (secondary N) is 1. The summed E-state index contributed by atoms with van der Waals surface area (Å²) >= 11 is 3.01. The molecule has 0 spiro atoms. The van der Waals surface area contributed by atoms with Crippen molar-refractivity contribution >= 4 is 21.8 Å². The molecule has 6 heteroatoms. The van der Waals surface area contributed by atoms with Crippen molar-refractivity contribution in [3.63, 3.8) is 0 Å². The molecule has 1 heterocycles. The van der Waals surface area contributed by atoms with Crippen LogP contribution >= 0.6 is 15.9 Å². The van der Waals surface area contributed by atoms with E-state index in [-0.39, 0.29) is 10.5 Å². The number of hydrogen-bond donors (Lipinski definition) is 1. The van der Waals surface area contributed by atoms with Gasteiger partial charge in [-0.25, -0.2) is 8.78 Å². The van der Waals surface area contributed by atoms with Crippen molar-refractivity contribution in [2.45, 2.75) is 25.8 Å². The SMILES string of the molecule is CCN(CC1CCCN1)C(=O)c1c(F)cc(Br)cc1F. The first-order valence-electron chi connectivity index (χ1n) is 6.70. The molecule has 1 N–H and O–H groups in total. The molecule has 0 saturated carbocycles. The van der Waals surface area contributed by atoms with Crippen LogP contribution in [0, 0.1) is 11.6 Å². The summed E-state index contributed by atoms with van der Waals surface area (Å²) in [7, 11) is 0. The second-order valence-corrected chi connectivity index (χ2v) is 5.80. The van der Waals surface area contributed by atoms with Crippen LogP contribution in [0.15, 0.2) is 16.6 Å². The lowest BCUT2D eigenvalue weighted by atomic mass is 10.1. The van der Waals surface area contributed by atoms with Gasteiger partial charge in [0, 0.05) is 23.6 Å². The molecule has 1 unspecified atom stereocenters. The molecule has 0 aromatic heterocycles. The van der Waals surface area contributed by atoms with Crippen LogP contribution in [-0.4, -0.2) is 36.5 Å². The minimum absolute atomic E-state index is 0.209. The summed E-state index contributed by atoms with van der Waals surface area (Å²) in [5.41, 5.74) is -0.479. The molecule has 0 aliphatic carbocycles. The van der Waals surface area contributed by atoms with E-state index in [0.717, 1.165) is 31.5 Å². The molecule has 2 rings (SSSR count). The molecular weight excluding hydrogens is 330 g/mol. The maximum atomic E-state index is 13.8. The topological polar surface area (TPSA) is 32.3 Å². The Kier molecular flexibility index (Phi) is 5.10. The molecule has 1 aromatic rings. The van der Waals surface area contributed by atoms with Gasteiger partial charge >= 0.3 is 0 Å². The summed E-state index contributed by atoms with van der Waals surface area (Å²) < 4.78 is 28.0. The van der Waals surface area contributed by atoms with Gasteiger partial charge in [0.05, 0.1) is 0 Å². The second-order valence-electron chi connectivity index (χ2n) is 4.88. The predicted octanol–water partition coefficient (Wildman–Crippen LogP) is 2.94. The first kappa shape index (κ1) is 15.4. The van der Waals surface area contributed by atoms with Crippen molar-refractivity contribution < 1.29 is 13.6 Å². The van der Waals surface area contributed by atoms with Crippen LogP contribution in [0.4, 0.5) is 8.78 Å². The molecule has 0 bridgehead atoms. The summed E-state index contributed by atoms with van der Waals surface area (Å²) in [6.07, 6.45) is 2.05. The van der Waals surface area contributed by atoms with Gasteiger partial charge in [-0.05, 0) is 38.4 Å². The van der Waals surface area contributed by atoms with Gasteiger partial charge in [-0.2, -0.15) is 0 Å². The van der Waals surface area contributed by atoms with Gasteiger partial charge in [0.25, 0.3) is 5.91 Å². The van der Waals surface area contributed by atoms with Crippen molar-refractivity contribution in [1.82, 2.24) is 10.2 Å². The highest BCUT2D eigenvalue weighted by Crippen LogP contribution is 2.21. The Balaban J connectivity index is 2.19. The molecule has 1 amide bonds. The minimum atomic E-state index is -0.834. The third-order valence-electron chi connectivity index (χ3n) is 3.49. The van der Waals surface area contributed by atoms with Crippen LogP contribution in [-0.2, 0) is 0 Å². The molecule has 1 saturated heterocycles. The number of carbonyl (C=O) groups excluding carboxylic acids is 1. The standard InChI is InChI=1S/C14H17BrF2N2O/c1-2-19(8-10-4-3-5-18-10)14(20)13-11(16)6-9(15)7-12(13)17/h6-7,10,18H,2-5,8H2,1H3. The van der Waals surface area contributed by atoms with E-state index in [4.69, 9.17) is 0 Å². The van der Waals surface area contributed by atoms with Gasteiger partial charge in [0.1, 0.15) is 17.2 Å². The highest BCUT2D eigenvalue weighted by molar-refractivity contribution is 9.10. The maximum Gasteiger partial charge on any atom is 0.259 e. The van der Waals surface area contributed by atoms with Crippen molar-refractivity contribution in [3.05, 3.63) is 33.8 Å². The van der Waals surface area contributed by atoms with Gasteiger partial charge < -0.3 is 10.2 Å². The zero-order valence-electron chi connectivity index (χ0n) is 11.3. The number of likely N-dealkylation sites (N-methyl/N-ethyl adjacent to an activating group) is 1. The molecule has 1 atom stereocenters. The third-order valence-corrected chi connectivity index (χ3v) is 3.95. The van der Waals surface area contributed by atoms with E-state index in [1.165, 1.54) is 4.90 Å². The Morgan fingerprint density at radius 3 is 2.60 bits per heavy atom. The second kappa shape index (κ2) is 6.63. The van der Waals surface area contributed by atoms with Crippen molar-refractivity contribution in [1.29, 1.82) is 0 Å². The highest BCUT2D eigenvalue weighted by Gasteiger charge is 2.26. The molecule has 1 aliphatic heterocycles. The zero-order chi connectivity index (χ0) is 14.7. The van der Waals surface area contributed by atoms with E-state index in [2.05, 4.69) is 21.2 Å². The Morgan fingerprint density at radius 1 is 1.45 bits per heavy atom. The average molecular weight is 347 g/mol. The van der Waals surface area contributed by atoms with Crippen LogP contribution < -0.4 is 5.32 Å². The fourth-order valence-corrected chi connectivity index (χ4v) is 2.84. The van der Waals surface area contributed by atoms with Crippen LogP contribution in [0.25, 0.3) is 0 Å². The summed E-state index contributed by atoms with van der Waals surface area (Å²) in [5.74, 6) is -2.26. The van der Waals surface area contributed by atoms with Gasteiger partial charge in [-0.3, -0.25) is 4.79 Å². The summed E-state index contributed by atoms with van der Waals surface area (Å²) in [4.78, 5) is 13.8. The summed E-state index contributed by atoms with van der Waals surface area (Å²) in [5, 5.41) is 3.28. The van der Waals surface area contributed by atoms with Crippen LogP contribution in [0.1, 0.15) is 30.1 Å². The van der Waals surface area contributed by atoms with E-state index in [9.17, 15) is 13.6 Å². The fourth-order valence-electron chi connectivity index (χ4n) is 2.44. The molecule has 110 valence electrons. The number of rotatable bonds is 4. The van der Waals surface area contributed by atoms with Crippen molar-refractivity contribution in [3.8, 4) is 0 Å². The minimum Gasteiger partial charge on any atom is -0.337 e. The predicted molar refractivity (Wildman–Crippen MR) is 76.7 cm³/mol. The summed E-state index contributed by atoms with van der Waals surface area (Å²) in [6, 6.07) is 2.43. The van der Waals surface area contributed by atoms with Gasteiger partial charge in [0.2, 0.25) is 0 Å². The van der Waals surface area contributed by atoms with Gasteiger partial charge in [-0.1, -0.05) is 15.9 Å². The Hall–Kier alpha value is -1.01. The van der Waals surface area contributed by atoms with Gasteiger partial charge in [0.15, 0.2) is 0 Å². The largest absolute Gasteiger partial charge is 0.337 e. The first-order valence-corrected chi connectivity index (χ1v) is 7.49. The van der Waals surface area contributed by atoms with E-state index >= 15 is 0 Å². The molecule has 1 fully saturated rings. The van der Waals surface area contributed by atoms with E-state index in [1.54, 1.807) is 0 Å². The zero-order valence-corrected chi connectivity index (χ0v) is 12.8. The third kappa shape index (κ3) is 3.35. The number of carbonyl (C=O) groups is 1. The highest BCUT2D eigenvalue weighted by atomic mass is 79.9. The molecule has 0 radical (unpaired) electrons. The van der Waals surface area contributed by atoms with E-state index in [1.807, 2.05) is 6.92 Å². The lowest BCUT2D eigenvalue weighted by Gasteiger charge is -2.25. The fraction of sp³-hybridized carbons (Fsp3) is 0.500. The normalized spacial score (nSPS) is 18.3. The number of benzene rings is 1. The van der Waals surface area contributed by atoms with Crippen LogP contribution in [0.3, 0.4) is 0 Å². The maximum absolute atomic E-state index is 13.8. The number of halogens is 3. The van der Waals surface area contributed by atoms with Crippen molar-refractivity contribution in [2.75, 3.05) is 19.6 Å². The van der Waals surface area contributed by atoms with E-state index < -0.39 is 23.1 Å². The quantitative estimate of drug-likeness (QED) is 0.908. The number of hydrogen-bond acceptors (Lipinski definition) is 2. The number of nitrogens with zero attached hydrogens (tertiary/aromatic N) is 1.